The van der Waals surface area contributed by atoms with Gasteiger partial charge in [0.2, 0.25) is 0 Å². The van der Waals surface area contributed by atoms with Crippen LogP contribution in [-0.4, -0.2) is 25.6 Å². The molecule has 8 heteroatoms. The second kappa shape index (κ2) is 12.6. The van der Waals surface area contributed by atoms with E-state index in [1.165, 1.54) is 6.07 Å². The monoisotopic (exact) mass is 536 g/mol. The third-order valence-corrected chi connectivity index (χ3v) is 6.95. The van der Waals surface area contributed by atoms with Gasteiger partial charge < -0.3 is 20.2 Å². The third-order valence-electron chi connectivity index (χ3n) is 6.25. The van der Waals surface area contributed by atoms with Gasteiger partial charge in [-0.25, -0.2) is 4.39 Å². The molecule has 0 amide bonds. The van der Waals surface area contributed by atoms with E-state index in [1.807, 2.05) is 47.4 Å². The predicted octanol–water partition coefficient (Wildman–Crippen LogP) is 6.27. The van der Waals surface area contributed by atoms with E-state index in [1.54, 1.807) is 12.1 Å². The van der Waals surface area contributed by atoms with Crippen LogP contribution in [0.3, 0.4) is 0 Å². The molecule has 0 saturated heterocycles. The van der Waals surface area contributed by atoms with Crippen LogP contribution in [0.5, 0.6) is 5.75 Å². The standard InChI is InChI=1S/C27H27Cl2FN2O2.ClH/c28-24-4-1-5-25(29)23(24)12-14-34-22-9-6-18(7-10-22)15-20(17-33)27(31)32-13-2-3-19-16-21(30)8-11-26(19)32;/h1,4-11,16-17,20,27H,2-3,12-15,31H2;1H. The molecule has 3 aromatic carbocycles. The van der Waals surface area contributed by atoms with Crippen LogP contribution in [0.2, 0.25) is 10.0 Å². The van der Waals surface area contributed by atoms with Crippen LogP contribution >= 0.6 is 35.6 Å². The summed E-state index contributed by atoms with van der Waals surface area (Å²) in [6.07, 6.45) is 3.22. The Bertz CT molecular complexity index is 1120. The molecule has 0 saturated carbocycles. The zero-order valence-electron chi connectivity index (χ0n) is 19.1. The lowest BCUT2D eigenvalue weighted by atomic mass is 9.94. The largest absolute Gasteiger partial charge is 0.493 e. The van der Waals surface area contributed by atoms with Gasteiger partial charge in [-0.2, -0.15) is 0 Å². The normalized spacial score (nSPS) is 14.5. The Labute approximate surface area is 221 Å². The summed E-state index contributed by atoms with van der Waals surface area (Å²) in [5.41, 5.74) is 10.2. The minimum absolute atomic E-state index is 0. The number of hydrogen-bond acceptors (Lipinski definition) is 4. The van der Waals surface area contributed by atoms with Crippen LogP contribution in [0.1, 0.15) is 23.1 Å². The number of carbonyl (C=O) groups excluding carboxylic acids is 1. The molecule has 2 N–H and O–H groups in total. The van der Waals surface area contributed by atoms with E-state index in [2.05, 4.69) is 0 Å². The van der Waals surface area contributed by atoms with Crippen molar-refractivity contribution in [3.8, 4) is 5.75 Å². The molecule has 1 aliphatic rings. The van der Waals surface area contributed by atoms with Crippen molar-refractivity contribution in [2.75, 3.05) is 18.1 Å². The van der Waals surface area contributed by atoms with E-state index in [0.29, 0.717) is 29.5 Å². The third kappa shape index (κ3) is 6.68. The van der Waals surface area contributed by atoms with Crippen molar-refractivity contribution in [3.05, 3.63) is 93.2 Å². The fraction of sp³-hybridized carbons (Fsp3) is 0.296. The summed E-state index contributed by atoms with van der Waals surface area (Å²) in [6, 6.07) is 17.9. The Morgan fingerprint density at radius 3 is 2.49 bits per heavy atom. The first-order valence-corrected chi connectivity index (χ1v) is 12.1. The minimum Gasteiger partial charge on any atom is -0.493 e. The highest BCUT2D eigenvalue weighted by Gasteiger charge is 2.28. The van der Waals surface area contributed by atoms with Crippen molar-refractivity contribution in [1.29, 1.82) is 0 Å². The minimum atomic E-state index is -0.488. The molecule has 0 spiro atoms. The summed E-state index contributed by atoms with van der Waals surface area (Å²) in [6.45, 7) is 1.19. The summed E-state index contributed by atoms with van der Waals surface area (Å²) in [7, 11) is 0. The number of aldehydes is 1. The number of benzene rings is 3. The number of anilines is 1. The van der Waals surface area contributed by atoms with E-state index in [9.17, 15) is 9.18 Å². The van der Waals surface area contributed by atoms with Crippen LogP contribution in [0.15, 0.2) is 60.7 Å². The average Bonchev–Trinajstić information content (AvgIpc) is 2.84. The Morgan fingerprint density at radius 1 is 1.09 bits per heavy atom. The second-order valence-corrected chi connectivity index (χ2v) is 9.32. The molecule has 35 heavy (non-hydrogen) atoms. The van der Waals surface area contributed by atoms with Crippen LogP contribution in [0, 0.1) is 11.7 Å². The van der Waals surface area contributed by atoms with E-state index >= 15 is 0 Å². The van der Waals surface area contributed by atoms with Crippen molar-refractivity contribution in [2.24, 2.45) is 11.7 Å². The smallest absolute Gasteiger partial charge is 0.126 e. The zero-order chi connectivity index (χ0) is 24.1. The van der Waals surface area contributed by atoms with Gasteiger partial charge in [-0.1, -0.05) is 41.4 Å². The molecule has 0 aromatic heterocycles. The Balaban J connectivity index is 0.00000342. The Morgan fingerprint density at radius 2 is 1.80 bits per heavy atom. The van der Waals surface area contributed by atoms with Crippen molar-refractivity contribution in [2.45, 2.75) is 31.8 Å². The number of hydrogen-bond donors (Lipinski definition) is 1. The molecular weight excluding hydrogens is 510 g/mol. The summed E-state index contributed by atoms with van der Waals surface area (Å²) >= 11 is 12.4. The molecule has 2 unspecified atom stereocenters. The van der Waals surface area contributed by atoms with E-state index in [4.69, 9.17) is 33.7 Å². The quantitative estimate of drug-likeness (QED) is 0.327. The van der Waals surface area contributed by atoms with Gasteiger partial charge in [-0.15, -0.1) is 12.4 Å². The number of aryl methyl sites for hydroxylation is 1. The summed E-state index contributed by atoms with van der Waals surface area (Å²) in [4.78, 5) is 14.0. The fourth-order valence-corrected chi connectivity index (χ4v) is 5.01. The summed E-state index contributed by atoms with van der Waals surface area (Å²) in [5.74, 6) is 0.0781. The molecule has 1 heterocycles. The lowest BCUT2D eigenvalue weighted by Gasteiger charge is -2.38. The van der Waals surface area contributed by atoms with Gasteiger partial charge in [0.1, 0.15) is 17.9 Å². The summed E-state index contributed by atoms with van der Waals surface area (Å²) < 4.78 is 19.5. The highest BCUT2D eigenvalue weighted by atomic mass is 35.5. The first kappa shape index (κ1) is 27.3. The molecule has 0 bridgehead atoms. The molecule has 0 fully saturated rings. The summed E-state index contributed by atoms with van der Waals surface area (Å²) in [5, 5.41) is 1.26. The molecule has 3 aromatic rings. The molecule has 0 aliphatic carbocycles. The number of nitrogens with zero attached hydrogens (tertiary/aromatic N) is 1. The van der Waals surface area contributed by atoms with Crippen LogP contribution in [0.4, 0.5) is 10.1 Å². The second-order valence-electron chi connectivity index (χ2n) is 8.51. The number of nitrogens with two attached hydrogens (primary N) is 1. The lowest BCUT2D eigenvalue weighted by molar-refractivity contribution is -0.111. The molecule has 4 rings (SSSR count). The molecule has 0 radical (unpaired) electrons. The fourth-order valence-electron chi connectivity index (χ4n) is 4.42. The highest BCUT2D eigenvalue weighted by Crippen LogP contribution is 2.30. The molecule has 186 valence electrons. The van der Waals surface area contributed by atoms with Crippen molar-refractivity contribution >= 4 is 47.6 Å². The predicted molar refractivity (Wildman–Crippen MR) is 143 cm³/mol. The van der Waals surface area contributed by atoms with Crippen LogP contribution in [-0.2, 0) is 24.1 Å². The van der Waals surface area contributed by atoms with E-state index < -0.39 is 12.1 Å². The maximum atomic E-state index is 13.6. The van der Waals surface area contributed by atoms with Gasteiger partial charge in [-0.05, 0) is 78.4 Å². The zero-order valence-corrected chi connectivity index (χ0v) is 21.5. The van der Waals surface area contributed by atoms with Crippen molar-refractivity contribution < 1.29 is 13.9 Å². The van der Waals surface area contributed by atoms with Crippen molar-refractivity contribution in [1.82, 2.24) is 0 Å². The van der Waals surface area contributed by atoms with Gasteiger partial charge in [0.15, 0.2) is 0 Å². The Kier molecular flexibility index (Phi) is 9.81. The van der Waals surface area contributed by atoms with Gasteiger partial charge in [0.25, 0.3) is 0 Å². The van der Waals surface area contributed by atoms with Crippen molar-refractivity contribution in [3.63, 3.8) is 0 Å². The number of carbonyl (C=O) groups is 1. The van der Waals surface area contributed by atoms with Gasteiger partial charge in [-0.3, -0.25) is 0 Å². The SMILES string of the molecule is Cl.NC(C(C=O)Cc1ccc(OCCc2c(Cl)cccc2Cl)cc1)N1CCCc2cc(F)ccc21. The van der Waals surface area contributed by atoms with E-state index in [0.717, 1.165) is 53.8 Å². The number of halogens is 4. The Hall–Kier alpha value is -2.31. The van der Waals surface area contributed by atoms with E-state index in [-0.39, 0.29) is 18.2 Å². The molecule has 2 atom stereocenters. The maximum Gasteiger partial charge on any atom is 0.126 e. The van der Waals surface area contributed by atoms with Gasteiger partial charge in [0, 0.05) is 28.7 Å². The first-order chi connectivity index (χ1) is 16.5. The van der Waals surface area contributed by atoms with Crippen LogP contribution in [0.25, 0.3) is 0 Å². The highest BCUT2D eigenvalue weighted by molar-refractivity contribution is 6.35. The number of ether oxygens (including phenoxy) is 1. The first-order valence-electron chi connectivity index (χ1n) is 11.4. The molecular formula is C27H28Cl3FN2O2. The molecule has 4 nitrogen and oxygen atoms in total. The maximum absolute atomic E-state index is 13.6. The number of rotatable bonds is 9. The van der Waals surface area contributed by atoms with Crippen LogP contribution < -0.4 is 15.4 Å². The average molecular weight is 538 g/mol. The topological polar surface area (TPSA) is 55.6 Å². The number of fused-ring (bicyclic) bond motifs is 1. The molecule has 1 aliphatic heterocycles. The van der Waals surface area contributed by atoms with Gasteiger partial charge in [0.05, 0.1) is 18.7 Å². The van der Waals surface area contributed by atoms with Gasteiger partial charge >= 0.3 is 0 Å². The lowest BCUT2D eigenvalue weighted by Crippen LogP contribution is -2.50.